The van der Waals surface area contributed by atoms with Crippen LogP contribution in [0, 0.1) is 0 Å². The van der Waals surface area contributed by atoms with Crippen molar-refractivity contribution in [2.24, 2.45) is 0 Å². The van der Waals surface area contributed by atoms with Gasteiger partial charge in [0.25, 0.3) is 0 Å². The summed E-state index contributed by atoms with van der Waals surface area (Å²) in [5, 5.41) is 12.6. The van der Waals surface area contributed by atoms with Crippen LogP contribution in [0.3, 0.4) is 0 Å². The molecule has 0 amide bonds. The molecule has 17 heavy (non-hydrogen) atoms. The second-order valence-electron chi connectivity index (χ2n) is 3.13. The molecule has 0 aliphatic rings. The van der Waals surface area contributed by atoms with E-state index in [4.69, 9.17) is 0 Å². The topological polar surface area (TPSA) is 38.1 Å². The number of rotatable bonds is 1. The van der Waals surface area contributed by atoms with Gasteiger partial charge in [-0.15, -0.1) is 0 Å². The van der Waals surface area contributed by atoms with Gasteiger partial charge in [0.1, 0.15) is 0 Å². The van der Waals surface area contributed by atoms with Gasteiger partial charge < -0.3 is 5.11 Å². The molecular formula is C10H8CsF3N2O. The molecule has 0 saturated heterocycles. The maximum atomic E-state index is 12.3. The van der Waals surface area contributed by atoms with Crippen LogP contribution >= 0.6 is 0 Å². The summed E-state index contributed by atoms with van der Waals surface area (Å²) in [6, 6.07) is 8.69. The Morgan fingerprint density at radius 3 is 2.18 bits per heavy atom. The van der Waals surface area contributed by atoms with E-state index in [9.17, 15) is 18.3 Å². The fourth-order valence-electron chi connectivity index (χ4n) is 1.27. The number of para-hydroxylation sites is 1. The molecule has 0 radical (unpaired) electrons. The van der Waals surface area contributed by atoms with Crippen LogP contribution in [-0.2, 0) is 6.18 Å². The van der Waals surface area contributed by atoms with Crippen molar-refractivity contribution in [3.05, 3.63) is 42.1 Å². The quantitative estimate of drug-likeness (QED) is 0.843. The van der Waals surface area contributed by atoms with Crippen molar-refractivity contribution in [1.29, 1.82) is 0 Å². The Balaban J connectivity index is 0.00000144. The molecule has 0 aliphatic heterocycles. The maximum absolute atomic E-state index is 12.3. The fraction of sp³-hybridized carbons (Fsp3) is 0.100. The molecule has 0 bridgehead atoms. The third-order valence-corrected chi connectivity index (χ3v) is 1.98. The minimum absolute atomic E-state index is 0. The molecule has 1 heterocycles. The van der Waals surface area contributed by atoms with E-state index < -0.39 is 17.8 Å². The van der Waals surface area contributed by atoms with Gasteiger partial charge >= 0.3 is 75.1 Å². The summed E-state index contributed by atoms with van der Waals surface area (Å²) in [7, 11) is 0. The number of halogens is 3. The average Bonchev–Trinajstić information content (AvgIpc) is 2.61. The van der Waals surface area contributed by atoms with E-state index in [1.165, 1.54) is 0 Å². The Hall–Kier alpha value is 0.0719. The normalized spacial score (nSPS) is 11.0. The van der Waals surface area contributed by atoms with Crippen LogP contribution in [-0.4, -0.2) is 83.8 Å². The molecule has 86 valence electrons. The molecule has 1 aromatic carbocycles. The van der Waals surface area contributed by atoms with Gasteiger partial charge in [0, 0.05) is 6.07 Å². The van der Waals surface area contributed by atoms with Gasteiger partial charge in [0.05, 0.1) is 5.69 Å². The zero-order chi connectivity index (χ0) is 11.8. The molecule has 0 fully saturated rings. The van der Waals surface area contributed by atoms with Crippen LogP contribution in [0.4, 0.5) is 13.2 Å². The summed E-state index contributed by atoms with van der Waals surface area (Å²) >= 11 is 0. The van der Waals surface area contributed by atoms with E-state index in [0.717, 1.165) is 4.68 Å². The first-order chi connectivity index (χ1) is 7.48. The van der Waals surface area contributed by atoms with Crippen molar-refractivity contribution in [3.63, 3.8) is 0 Å². The predicted molar refractivity (Wildman–Crippen MR) is 57.4 cm³/mol. The number of hydrogen-bond donors (Lipinski definition) is 1. The second kappa shape index (κ2) is 5.81. The summed E-state index contributed by atoms with van der Waals surface area (Å²) in [5.41, 5.74) is -0.746. The van der Waals surface area contributed by atoms with Crippen LogP contribution in [0.5, 0.6) is 5.88 Å². The zero-order valence-electron chi connectivity index (χ0n) is 7.94. The fourth-order valence-corrected chi connectivity index (χ4v) is 1.27. The summed E-state index contributed by atoms with van der Waals surface area (Å²) in [6.07, 6.45) is -4.56. The van der Waals surface area contributed by atoms with Gasteiger partial charge in [-0.05, 0) is 12.1 Å². The summed E-state index contributed by atoms with van der Waals surface area (Å²) in [6.45, 7) is 0. The number of nitrogens with zero attached hydrogens (tertiary/aromatic N) is 2. The molecule has 1 aromatic heterocycles. The monoisotopic (exact) mass is 362 g/mol. The Morgan fingerprint density at radius 2 is 1.71 bits per heavy atom. The van der Waals surface area contributed by atoms with Gasteiger partial charge in [-0.3, -0.25) is 0 Å². The van der Waals surface area contributed by atoms with Crippen molar-refractivity contribution < 1.29 is 18.3 Å². The van der Waals surface area contributed by atoms with Crippen molar-refractivity contribution in [2.45, 2.75) is 6.18 Å². The van der Waals surface area contributed by atoms with Crippen molar-refractivity contribution in [1.82, 2.24) is 9.78 Å². The van der Waals surface area contributed by atoms with Crippen molar-refractivity contribution in [3.8, 4) is 11.6 Å². The van der Waals surface area contributed by atoms with E-state index in [1.54, 1.807) is 30.3 Å². The van der Waals surface area contributed by atoms with Crippen molar-refractivity contribution >= 4 is 68.9 Å². The SMILES string of the molecule is Oc1cc(C(F)(F)F)nn1-c1ccccc1.[CsH]. The second-order valence-corrected chi connectivity index (χ2v) is 3.13. The molecule has 0 spiro atoms. The van der Waals surface area contributed by atoms with E-state index >= 15 is 0 Å². The number of benzene rings is 1. The van der Waals surface area contributed by atoms with Crippen LogP contribution in [0.15, 0.2) is 36.4 Å². The van der Waals surface area contributed by atoms with Gasteiger partial charge in [-0.2, -0.15) is 18.3 Å². The van der Waals surface area contributed by atoms with E-state index in [1.807, 2.05) is 0 Å². The summed E-state index contributed by atoms with van der Waals surface area (Å²) in [4.78, 5) is 0. The van der Waals surface area contributed by atoms with Gasteiger partial charge in [0.15, 0.2) is 5.69 Å². The predicted octanol–water partition coefficient (Wildman–Crippen LogP) is 1.95. The molecule has 0 aliphatic carbocycles. The molecule has 7 heteroatoms. The number of aromatic hydroxyl groups is 1. The first kappa shape index (κ1) is 15.1. The Labute approximate surface area is 154 Å². The number of alkyl halides is 3. The zero-order valence-corrected chi connectivity index (χ0v) is 7.94. The van der Waals surface area contributed by atoms with Crippen LogP contribution in [0.1, 0.15) is 5.69 Å². The third kappa shape index (κ3) is 3.52. The molecular weight excluding hydrogens is 354 g/mol. The third-order valence-electron chi connectivity index (χ3n) is 1.98. The Bertz CT molecular complexity index is 496. The molecule has 1 N–H and O–H groups in total. The van der Waals surface area contributed by atoms with Crippen LogP contribution < -0.4 is 0 Å². The molecule has 3 nitrogen and oxygen atoms in total. The molecule has 2 rings (SSSR count). The Morgan fingerprint density at radius 1 is 1.12 bits per heavy atom. The number of hydrogen-bond acceptors (Lipinski definition) is 2. The van der Waals surface area contributed by atoms with Gasteiger partial charge in [-0.25, -0.2) is 4.68 Å². The summed E-state index contributed by atoms with van der Waals surface area (Å²) < 4.78 is 37.8. The van der Waals surface area contributed by atoms with E-state index in [0.29, 0.717) is 11.8 Å². The van der Waals surface area contributed by atoms with E-state index in [-0.39, 0.29) is 68.9 Å². The van der Waals surface area contributed by atoms with Crippen molar-refractivity contribution in [2.75, 3.05) is 0 Å². The number of aromatic nitrogens is 2. The molecule has 2 aromatic rings. The Kier molecular flexibility index (Phi) is 5.17. The first-order valence-electron chi connectivity index (χ1n) is 4.40. The summed E-state index contributed by atoms with van der Waals surface area (Å²) in [5.74, 6) is -0.543. The molecule has 0 unspecified atom stereocenters. The molecule has 0 saturated carbocycles. The van der Waals surface area contributed by atoms with Crippen LogP contribution in [0.2, 0.25) is 0 Å². The van der Waals surface area contributed by atoms with Gasteiger partial charge in [-0.1, -0.05) is 18.2 Å². The first-order valence-corrected chi connectivity index (χ1v) is 4.40. The molecule has 0 atom stereocenters. The average molecular weight is 362 g/mol. The van der Waals surface area contributed by atoms with E-state index in [2.05, 4.69) is 5.10 Å². The standard InChI is InChI=1S/C10H7F3N2O.Cs.H/c11-10(12,13)8-6-9(16)15(14-8)7-4-2-1-3-5-7;;/h1-6,16H;;. The van der Waals surface area contributed by atoms with Gasteiger partial charge in [0.2, 0.25) is 5.88 Å². The van der Waals surface area contributed by atoms with Crippen LogP contribution in [0.25, 0.3) is 5.69 Å². The minimum atomic E-state index is -4.56.